The number of hydrogen-bond donors (Lipinski definition) is 1. The minimum Gasteiger partial charge on any atom is -0.452 e. The molecule has 7 nitrogen and oxygen atoms in total. The summed E-state index contributed by atoms with van der Waals surface area (Å²) in [6.07, 6.45) is 0. The monoisotopic (exact) mass is 620 g/mol. The van der Waals surface area contributed by atoms with E-state index in [1.807, 2.05) is 61.5 Å². The number of nitrogens with zero attached hydrogens (tertiary/aromatic N) is 1. The number of carbonyl (C=O) groups excluding carboxylic acids is 4. The molecule has 1 heterocycles. The number of rotatable bonds is 5. The molecule has 4 aromatic carbocycles. The van der Waals surface area contributed by atoms with E-state index in [1.165, 1.54) is 6.07 Å². The number of nitrogens with one attached hydrogen (secondary N) is 1. The lowest BCUT2D eigenvalue weighted by Crippen LogP contribution is -2.41. The molecule has 0 aromatic heterocycles. The van der Waals surface area contributed by atoms with Crippen LogP contribution < -0.4 is 10.2 Å². The standard InChI is InChI=1S/C34H25BrN2O5/c1-18-16-19(35)14-15-25(18)36-27(38)17-42-34(41)24-12-6-7-13-26(24)37-32(39)30-28-20-8-2-3-9-21(20)29(31(30)33(37)40)23-11-5-4-10-22(23)28/h2-16,28-31H,17H2,1H3,(H,36,38)/t28?,29?,30-,31-/m0/s1. The highest BCUT2D eigenvalue weighted by Crippen LogP contribution is 2.61. The van der Waals surface area contributed by atoms with Crippen molar-refractivity contribution in [1.29, 1.82) is 0 Å². The van der Waals surface area contributed by atoms with Crippen molar-refractivity contribution in [3.05, 3.63) is 129 Å². The van der Waals surface area contributed by atoms with Crippen molar-refractivity contribution in [2.24, 2.45) is 11.8 Å². The van der Waals surface area contributed by atoms with Crippen LogP contribution in [-0.2, 0) is 19.1 Å². The molecule has 8 heteroatoms. The predicted molar refractivity (Wildman–Crippen MR) is 160 cm³/mol. The van der Waals surface area contributed by atoms with Crippen molar-refractivity contribution in [3.63, 3.8) is 0 Å². The Balaban J connectivity index is 1.17. The molecule has 1 saturated heterocycles. The fourth-order valence-electron chi connectivity index (χ4n) is 6.92. The largest absolute Gasteiger partial charge is 0.452 e. The molecule has 2 bridgehead atoms. The molecule has 0 saturated carbocycles. The summed E-state index contributed by atoms with van der Waals surface area (Å²) in [7, 11) is 0. The first kappa shape index (κ1) is 26.3. The third-order valence-corrected chi connectivity index (χ3v) is 9.10. The molecule has 42 heavy (non-hydrogen) atoms. The molecule has 4 aromatic rings. The Hall–Kier alpha value is -4.56. The van der Waals surface area contributed by atoms with Crippen molar-refractivity contribution < 1.29 is 23.9 Å². The third kappa shape index (κ3) is 4.01. The summed E-state index contributed by atoms with van der Waals surface area (Å²) in [4.78, 5) is 55.3. The third-order valence-electron chi connectivity index (χ3n) is 8.61. The van der Waals surface area contributed by atoms with E-state index in [9.17, 15) is 19.2 Å². The first-order chi connectivity index (χ1) is 20.3. The number of anilines is 2. The van der Waals surface area contributed by atoms with Crippen LogP contribution in [0.2, 0.25) is 0 Å². The maximum Gasteiger partial charge on any atom is 0.340 e. The summed E-state index contributed by atoms with van der Waals surface area (Å²) in [6, 6.07) is 27.9. The highest BCUT2D eigenvalue weighted by Gasteiger charge is 2.62. The van der Waals surface area contributed by atoms with E-state index in [2.05, 4.69) is 21.2 Å². The molecule has 8 rings (SSSR count). The van der Waals surface area contributed by atoms with Gasteiger partial charge >= 0.3 is 5.97 Å². The summed E-state index contributed by atoms with van der Waals surface area (Å²) in [5.41, 5.74) is 5.97. The Labute approximate surface area is 250 Å². The normalized spacial score (nSPS) is 21.4. The lowest BCUT2D eigenvalue weighted by atomic mass is 9.55. The van der Waals surface area contributed by atoms with Crippen LogP contribution in [0, 0.1) is 18.8 Å². The van der Waals surface area contributed by atoms with Gasteiger partial charge in [0, 0.05) is 22.0 Å². The predicted octanol–water partition coefficient (Wildman–Crippen LogP) is 5.95. The average Bonchev–Trinajstić information content (AvgIpc) is 3.27. The zero-order valence-corrected chi connectivity index (χ0v) is 24.1. The fraction of sp³-hybridized carbons (Fsp3) is 0.176. The van der Waals surface area contributed by atoms with Crippen molar-refractivity contribution in [2.45, 2.75) is 18.8 Å². The van der Waals surface area contributed by atoms with Gasteiger partial charge < -0.3 is 10.1 Å². The minimum atomic E-state index is -0.793. The highest BCUT2D eigenvalue weighted by atomic mass is 79.9. The Kier molecular flexibility index (Phi) is 6.31. The maximum atomic E-state index is 14.1. The van der Waals surface area contributed by atoms with Crippen molar-refractivity contribution in [3.8, 4) is 0 Å². The van der Waals surface area contributed by atoms with Crippen LogP contribution in [0.15, 0.2) is 95.5 Å². The van der Waals surface area contributed by atoms with Gasteiger partial charge in [0.2, 0.25) is 11.8 Å². The lowest BCUT2D eigenvalue weighted by molar-refractivity contribution is -0.122. The van der Waals surface area contributed by atoms with Crippen LogP contribution in [0.5, 0.6) is 0 Å². The van der Waals surface area contributed by atoms with E-state index in [4.69, 9.17) is 4.74 Å². The Morgan fingerprint density at radius 1 is 0.786 bits per heavy atom. The fourth-order valence-corrected chi connectivity index (χ4v) is 7.39. The zero-order chi connectivity index (χ0) is 29.1. The van der Waals surface area contributed by atoms with Gasteiger partial charge in [-0.25, -0.2) is 9.69 Å². The Morgan fingerprint density at radius 2 is 1.31 bits per heavy atom. The summed E-state index contributed by atoms with van der Waals surface area (Å²) >= 11 is 3.39. The summed E-state index contributed by atoms with van der Waals surface area (Å²) in [5, 5.41) is 2.74. The van der Waals surface area contributed by atoms with Gasteiger partial charge in [-0.15, -0.1) is 0 Å². The van der Waals surface area contributed by atoms with E-state index < -0.39 is 30.3 Å². The SMILES string of the molecule is Cc1cc(Br)ccc1NC(=O)COC(=O)c1ccccc1N1C(=O)[C@H]2C3c4ccccc4C(c4ccccc43)[C@@H]2C1=O. The molecule has 1 fully saturated rings. The molecule has 1 aliphatic heterocycles. The number of imide groups is 1. The molecule has 0 spiro atoms. The zero-order valence-electron chi connectivity index (χ0n) is 22.5. The van der Waals surface area contributed by atoms with Gasteiger partial charge in [0.05, 0.1) is 23.1 Å². The van der Waals surface area contributed by atoms with Crippen molar-refractivity contribution >= 4 is 51.0 Å². The maximum absolute atomic E-state index is 14.1. The second kappa shape index (κ2) is 10.1. The van der Waals surface area contributed by atoms with E-state index >= 15 is 0 Å². The van der Waals surface area contributed by atoms with Gasteiger partial charge in [-0.3, -0.25) is 14.4 Å². The van der Waals surface area contributed by atoms with E-state index in [1.54, 1.807) is 30.3 Å². The van der Waals surface area contributed by atoms with Crippen molar-refractivity contribution in [2.75, 3.05) is 16.8 Å². The number of esters is 1. The molecule has 2 atom stereocenters. The number of carbonyl (C=O) groups is 4. The quantitative estimate of drug-likeness (QED) is 0.220. The molecule has 208 valence electrons. The Morgan fingerprint density at radius 3 is 1.86 bits per heavy atom. The number of hydrogen-bond acceptors (Lipinski definition) is 5. The molecule has 0 unspecified atom stereocenters. The van der Waals surface area contributed by atoms with Gasteiger partial charge in [-0.1, -0.05) is 76.6 Å². The first-order valence-electron chi connectivity index (χ1n) is 13.7. The number of halogens is 1. The lowest BCUT2D eigenvalue weighted by Gasteiger charge is -2.45. The average molecular weight is 621 g/mol. The second-order valence-corrected chi connectivity index (χ2v) is 11.8. The number of amides is 3. The molecular formula is C34H25BrN2O5. The van der Waals surface area contributed by atoms with Gasteiger partial charge in [-0.2, -0.15) is 0 Å². The van der Waals surface area contributed by atoms with Crippen LogP contribution >= 0.6 is 15.9 Å². The highest BCUT2D eigenvalue weighted by molar-refractivity contribution is 9.10. The van der Waals surface area contributed by atoms with Crippen molar-refractivity contribution in [1.82, 2.24) is 0 Å². The van der Waals surface area contributed by atoms with E-state index in [-0.39, 0.29) is 34.9 Å². The van der Waals surface area contributed by atoms with E-state index in [0.29, 0.717) is 5.69 Å². The number of benzene rings is 4. The smallest absolute Gasteiger partial charge is 0.340 e. The van der Waals surface area contributed by atoms with Crippen LogP contribution in [0.1, 0.15) is 50.0 Å². The summed E-state index contributed by atoms with van der Waals surface area (Å²) in [5.74, 6) is -3.60. The van der Waals surface area contributed by atoms with Gasteiger partial charge in [0.1, 0.15) is 0 Å². The molecule has 1 N–H and O–H groups in total. The molecule has 0 radical (unpaired) electrons. The van der Waals surface area contributed by atoms with E-state index in [0.717, 1.165) is 37.2 Å². The van der Waals surface area contributed by atoms with Crippen LogP contribution in [0.3, 0.4) is 0 Å². The number of ether oxygens (including phenoxy) is 1. The van der Waals surface area contributed by atoms with Gasteiger partial charge in [0.15, 0.2) is 6.61 Å². The molecular weight excluding hydrogens is 596 g/mol. The minimum absolute atomic E-state index is 0.0489. The van der Waals surface area contributed by atoms with Crippen LogP contribution in [-0.4, -0.2) is 30.3 Å². The number of para-hydroxylation sites is 1. The van der Waals surface area contributed by atoms with Gasteiger partial charge in [-0.05, 0) is 65.1 Å². The number of aryl methyl sites for hydroxylation is 1. The van der Waals surface area contributed by atoms with Gasteiger partial charge in [0.25, 0.3) is 5.91 Å². The topological polar surface area (TPSA) is 92.8 Å². The Bertz CT molecular complexity index is 1700. The summed E-state index contributed by atoms with van der Waals surface area (Å²) in [6.45, 7) is 1.33. The second-order valence-electron chi connectivity index (χ2n) is 10.9. The summed E-state index contributed by atoms with van der Waals surface area (Å²) < 4.78 is 6.24. The first-order valence-corrected chi connectivity index (χ1v) is 14.5. The molecule has 3 amide bonds. The molecule has 4 aliphatic rings. The molecule has 3 aliphatic carbocycles. The van der Waals surface area contributed by atoms with Crippen LogP contribution in [0.25, 0.3) is 0 Å². The van der Waals surface area contributed by atoms with Crippen LogP contribution in [0.4, 0.5) is 11.4 Å².